The second-order valence-corrected chi connectivity index (χ2v) is 8.52. The number of carbonyl (C=O) groups is 1. The van der Waals surface area contributed by atoms with E-state index in [1.165, 1.54) is 18.5 Å². The van der Waals surface area contributed by atoms with Crippen molar-refractivity contribution in [1.82, 2.24) is 19.5 Å². The number of anilines is 1. The molecule has 25 heavy (non-hydrogen) atoms. The van der Waals surface area contributed by atoms with Crippen molar-refractivity contribution in [3.8, 4) is 0 Å². The number of rotatable bonds is 3. The van der Waals surface area contributed by atoms with Gasteiger partial charge in [0.15, 0.2) is 5.82 Å². The van der Waals surface area contributed by atoms with Gasteiger partial charge < -0.3 is 9.80 Å². The first-order valence-corrected chi connectivity index (χ1v) is 10.4. The Bertz CT molecular complexity index is 796. The highest BCUT2D eigenvalue weighted by Crippen LogP contribution is 2.40. The van der Waals surface area contributed by atoms with Gasteiger partial charge in [-0.05, 0) is 25.3 Å². The van der Waals surface area contributed by atoms with Crippen molar-refractivity contribution in [2.75, 3.05) is 42.6 Å². The van der Waals surface area contributed by atoms with Crippen molar-refractivity contribution in [3.63, 3.8) is 0 Å². The molecule has 0 N–H and O–H groups in total. The molecule has 1 aliphatic carbocycles. The van der Waals surface area contributed by atoms with Crippen molar-refractivity contribution in [2.45, 2.75) is 25.2 Å². The Hall–Kier alpha value is -1.76. The number of hydrogen-bond acceptors (Lipinski definition) is 5. The zero-order valence-corrected chi connectivity index (χ0v) is 15.1. The standard InChI is InChI=1S/C18H23N5OS/c24-18(21-7-9-25-10-8-21)14-3-5-22(12-14)17-16-11-15(13-1-2-13)20-23(16)6-4-19-17/h4,6,11,13-14H,1-3,5,7-10,12H2. The van der Waals surface area contributed by atoms with E-state index in [1.807, 2.05) is 28.7 Å². The second-order valence-electron chi connectivity index (χ2n) is 7.29. The van der Waals surface area contributed by atoms with Crippen molar-refractivity contribution in [2.24, 2.45) is 5.92 Å². The molecule has 2 aromatic heterocycles. The Morgan fingerprint density at radius 1 is 1.16 bits per heavy atom. The molecule has 2 aromatic rings. The summed E-state index contributed by atoms with van der Waals surface area (Å²) < 4.78 is 1.95. The maximum atomic E-state index is 12.8. The van der Waals surface area contributed by atoms with Gasteiger partial charge in [0.25, 0.3) is 0 Å². The van der Waals surface area contributed by atoms with Gasteiger partial charge in [0.2, 0.25) is 5.91 Å². The first-order valence-electron chi connectivity index (χ1n) is 9.25. The Balaban J connectivity index is 1.36. The van der Waals surface area contributed by atoms with Gasteiger partial charge in [-0.15, -0.1) is 0 Å². The Morgan fingerprint density at radius 3 is 2.80 bits per heavy atom. The van der Waals surface area contributed by atoms with Crippen LogP contribution in [0.5, 0.6) is 0 Å². The molecule has 7 heteroatoms. The van der Waals surface area contributed by atoms with Gasteiger partial charge in [0.05, 0.1) is 11.6 Å². The molecule has 4 heterocycles. The molecule has 1 unspecified atom stereocenters. The van der Waals surface area contributed by atoms with E-state index in [0.29, 0.717) is 11.8 Å². The normalized spacial score (nSPS) is 24.2. The van der Waals surface area contributed by atoms with Crippen LogP contribution in [0, 0.1) is 5.92 Å². The zero-order chi connectivity index (χ0) is 16.8. The van der Waals surface area contributed by atoms with E-state index in [-0.39, 0.29) is 5.92 Å². The number of aromatic nitrogens is 3. The molecule has 2 aliphatic heterocycles. The lowest BCUT2D eigenvalue weighted by Crippen LogP contribution is -2.42. The lowest BCUT2D eigenvalue weighted by Gasteiger charge is -2.29. The van der Waals surface area contributed by atoms with Crippen LogP contribution in [0.15, 0.2) is 18.5 Å². The van der Waals surface area contributed by atoms with Crippen molar-refractivity contribution in [3.05, 3.63) is 24.2 Å². The van der Waals surface area contributed by atoms with Gasteiger partial charge in [0, 0.05) is 56.0 Å². The minimum Gasteiger partial charge on any atom is -0.354 e. The highest BCUT2D eigenvalue weighted by molar-refractivity contribution is 7.99. The second kappa shape index (κ2) is 6.20. The minimum absolute atomic E-state index is 0.107. The molecule has 132 valence electrons. The summed E-state index contributed by atoms with van der Waals surface area (Å²) in [5.74, 6) is 4.20. The van der Waals surface area contributed by atoms with Gasteiger partial charge in [-0.25, -0.2) is 9.50 Å². The smallest absolute Gasteiger partial charge is 0.227 e. The molecule has 6 nitrogen and oxygen atoms in total. The van der Waals surface area contributed by atoms with Gasteiger partial charge in [-0.1, -0.05) is 0 Å². The molecule has 0 bridgehead atoms. The van der Waals surface area contributed by atoms with Crippen molar-refractivity contribution < 1.29 is 4.79 Å². The fourth-order valence-electron chi connectivity index (χ4n) is 3.95. The van der Waals surface area contributed by atoms with Crippen LogP contribution in [0.25, 0.3) is 5.52 Å². The predicted molar refractivity (Wildman–Crippen MR) is 99.2 cm³/mol. The van der Waals surface area contributed by atoms with Gasteiger partial charge in [-0.3, -0.25) is 4.79 Å². The summed E-state index contributed by atoms with van der Waals surface area (Å²) in [7, 11) is 0. The minimum atomic E-state index is 0.107. The largest absolute Gasteiger partial charge is 0.354 e. The SMILES string of the molecule is O=C(C1CCN(c2nccn3nc(C4CC4)cc23)C1)N1CCSCC1. The number of fused-ring (bicyclic) bond motifs is 1. The van der Waals surface area contributed by atoms with Crippen LogP contribution in [-0.2, 0) is 4.79 Å². The van der Waals surface area contributed by atoms with E-state index in [9.17, 15) is 4.79 Å². The van der Waals surface area contributed by atoms with E-state index >= 15 is 0 Å². The summed E-state index contributed by atoms with van der Waals surface area (Å²) >= 11 is 1.94. The average molecular weight is 357 g/mol. The summed E-state index contributed by atoms with van der Waals surface area (Å²) in [6, 6.07) is 2.19. The number of thioether (sulfide) groups is 1. The molecular weight excluding hydrogens is 334 g/mol. The molecule has 1 atom stereocenters. The Morgan fingerprint density at radius 2 is 2.00 bits per heavy atom. The highest BCUT2D eigenvalue weighted by atomic mass is 32.2. The topological polar surface area (TPSA) is 53.7 Å². The molecule has 0 aromatic carbocycles. The molecule has 3 aliphatic rings. The first kappa shape index (κ1) is 15.5. The number of nitrogens with zero attached hydrogens (tertiary/aromatic N) is 5. The van der Waals surface area contributed by atoms with Crippen LogP contribution >= 0.6 is 11.8 Å². The fraction of sp³-hybridized carbons (Fsp3) is 0.611. The van der Waals surface area contributed by atoms with E-state index in [0.717, 1.165) is 55.4 Å². The van der Waals surface area contributed by atoms with Crippen LogP contribution in [-0.4, -0.2) is 63.1 Å². The van der Waals surface area contributed by atoms with Gasteiger partial charge in [0.1, 0.15) is 5.52 Å². The molecule has 1 amide bonds. The van der Waals surface area contributed by atoms with Gasteiger partial charge in [-0.2, -0.15) is 16.9 Å². The van der Waals surface area contributed by atoms with Gasteiger partial charge >= 0.3 is 0 Å². The average Bonchev–Trinajstić information content (AvgIpc) is 3.23. The lowest BCUT2D eigenvalue weighted by atomic mass is 10.1. The van der Waals surface area contributed by atoms with Crippen LogP contribution in [0.1, 0.15) is 30.9 Å². The molecule has 5 rings (SSSR count). The van der Waals surface area contributed by atoms with Crippen LogP contribution in [0.2, 0.25) is 0 Å². The summed E-state index contributed by atoms with van der Waals surface area (Å²) in [5, 5.41) is 4.71. The molecule has 3 fully saturated rings. The zero-order valence-electron chi connectivity index (χ0n) is 14.3. The third-order valence-corrected chi connectivity index (χ3v) is 6.49. The summed E-state index contributed by atoms with van der Waals surface area (Å²) in [6.45, 7) is 3.48. The highest BCUT2D eigenvalue weighted by Gasteiger charge is 2.34. The Kier molecular flexibility index (Phi) is 3.84. The Labute approximate surface area is 151 Å². The third kappa shape index (κ3) is 2.88. The van der Waals surface area contributed by atoms with Crippen molar-refractivity contribution in [1.29, 1.82) is 0 Å². The summed E-state index contributed by atoms with van der Waals surface area (Å²) in [6.07, 6.45) is 7.18. The lowest BCUT2D eigenvalue weighted by molar-refractivity contribution is -0.134. The van der Waals surface area contributed by atoms with Crippen LogP contribution < -0.4 is 4.90 Å². The van der Waals surface area contributed by atoms with E-state index in [2.05, 4.69) is 20.9 Å². The first-order chi connectivity index (χ1) is 12.3. The van der Waals surface area contributed by atoms with E-state index in [1.54, 1.807) is 0 Å². The number of hydrogen-bond donors (Lipinski definition) is 0. The maximum Gasteiger partial charge on any atom is 0.227 e. The maximum absolute atomic E-state index is 12.8. The van der Waals surface area contributed by atoms with Crippen molar-refractivity contribution >= 4 is 29.0 Å². The predicted octanol–water partition coefficient (Wildman–Crippen LogP) is 2.01. The fourth-order valence-corrected chi connectivity index (χ4v) is 4.85. The molecule has 0 spiro atoms. The molecule has 2 saturated heterocycles. The quantitative estimate of drug-likeness (QED) is 0.841. The van der Waals surface area contributed by atoms with Crippen LogP contribution in [0.3, 0.4) is 0 Å². The van der Waals surface area contributed by atoms with Crippen LogP contribution in [0.4, 0.5) is 5.82 Å². The summed E-state index contributed by atoms with van der Waals surface area (Å²) in [4.78, 5) is 21.8. The van der Waals surface area contributed by atoms with E-state index < -0.39 is 0 Å². The molecular formula is C18H23N5OS. The monoisotopic (exact) mass is 357 g/mol. The summed E-state index contributed by atoms with van der Waals surface area (Å²) in [5.41, 5.74) is 2.26. The molecule has 0 radical (unpaired) electrons. The number of carbonyl (C=O) groups excluding carboxylic acids is 1. The molecule has 1 saturated carbocycles. The third-order valence-electron chi connectivity index (χ3n) is 5.54. The number of amides is 1. The van der Waals surface area contributed by atoms with E-state index in [4.69, 9.17) is 5.10 Å².